The summed E-state index contributed by atoms with van der Waals surface area (Å²) in [4.78, 5) is 26.8. The second-order valence-electron chi connectivity index (χ2n) is 9.12. The number of carbonyl (C=O) groups excluding carboxylic acids is 1. The molecular weight excluding hydrogens is 455 g/mol. The molecule has 11 heteroatoms. The van der Waals surface area contributed by atoms with Crippen LogP contribution in [0.1, 0.15) is 27.7 Å². The first-order valence-corrected chi connectivity index (χ1v) is 11.6. The van der Waals surface area contributed by atoms with E-state index in [1.54, 1.807) is 23.1 Å². The zero-order chi connectivity index (χ0) is 22.8. The highest BCUT2D eigenvalue weighted by atomic mass is 35.5. The molecule has 2 aromatic rings. The lowest BCUT2D eigenvalue weighted by atomic mass is 9.78. The van der Waals surface area contributed by atoms with E-state index < -0.39 is 36.6 Å². The Balaban J connectivity index is 1.35. The average molecular weight is 478 g/mol. The Hall–Kier alpha value is -2.14. The molecule has 4 heterocycles. The summed E-state index contributed by atoms with van der Waals surface area (Å²) in [6, 6.07) is 8.42. The van der Waals surface area contributed by atoms with Crippen molar-refractivity contribution in [1.82, 2.24) is 0 Å². The van der Waals surface area contributed by atoms with E-state index in [-0.39, 0.29) is 13.2 Å². The first-order chi connectivity index (χ1) is 15.1. The molecule has 0 spiro atoms. The van der Waals surface area contributed by atoms with Crippen molar-refractivity contribution < 1.29 is 28.3 Å². The number of anilines is 1. The SMILES string of the molecule is CC1(C)OB(c2ccc3c(c2)OCC2C(C[N+](=O)c4ccc(Cl)s4)OC(=O)N32)OC1(C)C. The van der Waals surface area contributed by atoms with Crippen LogP contribution in [0.15, 0.2) is 30.3 Å². The van der Waals surface area contributed by atoms with Gasteiger partial charge in [-0.3, -0.25) is 4.90 Å². The second-order valence-corrected chi connectivity index (χ2v) is 10.8. The smallest absolute Gasteiger partial charge is 0.489 e. The molecule has 2 atom stereocenters. The fourth-order valence-corrected chi connectivity index (χ4v) is 4.97. The van der Waals surface area contributed by atoms with Gasteiger partial charge in [0, 0.05) is 11.0 Å². The zero-order valence-electron chi connectivity index (χ0n) is 18.2. The number of halogens is 1. The summed E-state index contributed by atoms with van der Waals surface area (Å²) in [6.07, 6.45) is -1.12. The van der Waals surface area contributed by atoms with E-state index in [4.69, 9.17) is 30.4 Å². The van der Waals surface area contributed by atoms with Gasteiger partial charge in [0.25, 0.3) is 0 Å². The molecule has 2 unspecified atom stereocenters. The molecule has 8 nitrogen and oxygen atoms in total. The van der Waals surface area contributed by atoms with Crippen LogP contribution in [0.4, 0.5) is 15.5 Å². The topological polar surface area (TPSA) is 77.3 Å². The number of carbonyl (C=O) groups is 1. The molecule has 3 aliphatic rings. The summed E-state index contributed by atoms with van der Waals surface area (Å²) in [6.45, 7) is 8.20. The molecule has 32 heavy (non-hydrogen) atoms. The fraction of sp³-hybridized carbons (Fsp3) is 0.476. The summed E-state index contributed by atoms with van der Waals surface area (Å²) in [7, 11) is -0.531. The largest absolute Gasteiger partial charge is 0.494 e. The van der Waals surface area contributed by atoms with Gasteiger partial charge in [-0.2, -0.15) is 0 Å². The molecule has 1 aromatic carbocycles. The second kappa shape index (κ2) is 7.45. The number of ether oxygens (including phenoxy) is 2. The van der Waals surface area contributed by atoms with E-state index in [0.29, 0.717) is 20.8 Å². The lowest BCUT2D eigenvalue weighted by Gasteiger charge is -2.32. The summed E-state index contributed by atoms with van der Waals surface area (Å²) >= 11 is 7.10. The maximum absolute atomic E-state index is 12.7. The van der Waals surface area contributed by atoms with Crippen molar-refractivity contribution in [1.29, 1.82) is 0 Å². The molecule has 1 amide bonds. The molecule has 168 valence electrons. The van der Waals surface area contributed by atoms with Gasteiger partial charge >= 0.3 is 18.2 Å². The summed E-state index contributed by atoms with van der Waals surface area (Å²) in [5.74, 6) is 0.551. The quantitative estimate of drug-likeness (QED) is 0.491. The van der Waals surface area contributed by atoms with Crippen LogP contribution in [-0.4, -0.2) is 54.5 Å². The Morgan fingerprint density at radius 3 is 2.56 bits per heavy atom. The number of amides is 1. The third-order valence-electron chi connectivity index (χ3n) is 6.54. The number of nitrogens with zero attached hydrogens (tertiary/aromatic N) is 2. The van der Waals surface area contributed by atoms with Crippen LogP contribution >= 0.6 is 22.9 Å². The molecule has 0 N–H and O–H groups in total. The van der Waals surface area contributed by atoms with Crippen LogP contribution in [0.2, 0.25) is 4.34 Å². The number of thiophene rings is 1. The lowest BCUT2D eigenvalue weighted by Crippen LogP contribution is -2.46. The zero-order valence-corrected chi connectivity index (χ0v) is 19.7. The standard InChI is InChI=1S/C21H23BClN2O6S/c1-20(2)21(3,4)31-22(30-20)12-5-6-13-15(9-12)28-11-14-16(29-19(26)25(13)14)10-24(27)18-8-7-17(23)32-18/h5-9,14,16H,10-11H2,1-4H3/q+1. The Morgan fingerprint density at radius 1 is 1.19 bits per heavy atom. The normalized spacial score (nSPS) is 25.2. The van der Waals surface area contributed by atoms with Crippen LogP contribution in [0, 0.1) is 4.91 Å². The number of rotatable bonds is 4. The van der Waals surface area contributed by atoms with E-state index in [2.05, 4.69) is 0 Å². The molecular formula is C21H23BClN2O6S+. The number of nitroso groups, excluding NO2 is 1. The van der Waals surface area contributed by atoms with Crippen molar-refractivity contribution in [2.75, 3.05) is 18.1 Å². The van der Waals surface area contributed by atoms with Crippen molar-refractivity contribution >= 4 is 52.3 Å². The van der Waals surface area contributed by atoms with Crippen LogP contribution < -0.4 is 15.1 Å². The molecule has 0 aliphatic carbocycles. The van der Waals surface area contributed by atoms with E-state index in [9.17, 15) is 9.70 Å². The minimum absolute atomic E-state index is 0.00551. The lowest BCUT2D eigenvalue weighted by molar-refractivity contribution is -0.469. The number of hydrogen-bond acceptors (Lipinski definition) is 7. The van der Waals surface area contributed by atoms with Crippen LogP contribution in [0.3, 0.4) is 0 Å². The minimum atomic E-state index is -0.628. The predicted octanol–water partition coefficient (Wildman–Crippen LogP) is 3.90. The summed E-state index contributed by atoms with van der Waals surface area (Å²) in [5.41, 5.74) is 0.501. The van der Waals surface area contributed by atoms with Crippen molar-refractivity contribution in [3.63, 3.8) is 0 Å². The molecule has 1 aromatic heterocycles. The van der Waals surface area contributed by atoms with E-state index in [1.165, 1.54) is 11.3 Å². The molecule has 0 saturated carbocycles. The number of cyclic esters (lactones) is 1. The van der Waals surface area contributed by atoms with Gasteiger partial charge in [0.2, 0.25) is 6.54 Å². The van der Waals surface area contributed by atoms with Crippen LogP contribution in [-0.2, 0) is 14.0 Å². The number of benzene rings is 1. The molecule has 5 rings (SSSR count). The third-order valence-corrected chi connectivity index (χ3v) is 7.78. The maximum atomic E-state index is 12.7. The first kappa shape index (κ1) is 21.7. The monoisotopic (exact) mass is 477 g/mol. The highest BCUT2D eigenvalue weighted by molar-refractivity contribution is 7.19. The minimum Gasteiger partial charge on any atom is -0.489 e. The molecule has 0 bridgehead atoms. The number of hydrogen-bond donors (Lipinski definition) is 0. The van der Waals surface area contributed by atoms with Gasteiger partial charge in [0.15, 0.2) is 6.10 Å². The van der Waals surface area contributed by atoms with Gasteiger partial charge < -0.3 is 18.8 Å². The maximum Gasteiger partial charge on any atom is 0.494 e. The van der Waals surface area contributed by atoms with E-state index in [1.807, 2.05) is 39.8 Å². The van der Waals surface area contributed by atoms with Gasteiger partial charge in [-0.25, -0.2) is 4.79 Å². The van der Waals surface area contributed by atoms with Crippen molar-refractivity contribution in [3.05, 3.63) is 39.6 Å². The predicted molar refractivity (Wildman–Crippen MR) is 122 cm³/mol. The Morgan fingerprint density at radius 2 is 1.91 bits per heavy atom. The van der Waals surface area contributed by atoms with Gasteiger partial charge in [0.1, 0.15) is 18.4 Å². The van der Waals surface area contributed by atoms with Gasteiger partial charge in [-0.05, 0) is 51.4 Å². The highest BCUT2D eigenvalue weighted by Gasteiger charge is 2.53. The van der Waals surface area contributed by atoms with Gasteiger partial charge in [-0.1, -0.05) is 29.0 Å². The Labute approximate surface area is 195 Å². The fourth-order valence-electron chi connectivity index (χ4n) is 4.02. The number of fused-ring (bicyclic) bond motifs is 3. The van der Waals surface area contributed by atoms with Crippen LogP contribution in [0.25, 0.3) is 0 Å². The van der Waals surface area contributed by atoms with E-state index in [0.717, 1.165) is 10.2 Å². The van der Waals surface area contributed by atoms with E-state index >= 15 is 0 Å². The Kier molecular flexibility index (Phi) is 5.05. The van der Waals surface area contributed by atoms with Gasteiger partial charge in [-0.15, -0.1) is 0 Å². The molecule has 0 radical (unpaired) electrons. The third kappa shape index (κ3) is 3.49. The van der Waals surface area contributed by atoms with Crippen molar-refractivity contribution in [3.8, 4) is 5.75 Å². The average Bonchev–Trinajstić information content (AvgIpc) is 3.36. The summed E-state index contributed by atoms with van der Waals surface area (Å²) in [5, 5.41) is 0.466. The molecule has 2 fully saturated rings. The highest BCUT2D eigenvalue weighted by Crippen LogP contribution is 2.40. The summed E-state index contributed by atoms with van der Waals surface area (Å²) < 4.78 is 25.1. The Bertz CT molecular complexity index is 1090. The van der Waals surface area contributed by atoms with Gasteiger partial charge in [0.05, 0.1) is 26.0 Å². The van der Waals surface area contributed by atoms with Crippen LogP contribution in [0.5, 0.6) is 5.75 Å². The van der Waals surface area contributed by atoms with Crippen molar-refractivity contribution in [2.24, 2.45) is 0 Å². The van der Waals surface area contributed by atoms with Crippen molar-refractivity contribution in [2.45, 2.75) is 51.0 Å². The first-order valence-electron chi connectivity index (χ1n) is 10.4. The molecule has 3 aliphatic heterocycles. The molecule has 2 saturated heterocycles.